The molecule has 0 aliphatic carbocycles. The number of aryl methyl sites for hydroxylation is 2. The number of esters is 1. The second-order valence-corrected chi connectivity index (χ2v) is 9.69. The zero-order chi connectivity index (χ0) is 29.8. The van der Waals surface area contributed by atoms with Gasteiger partial charge in [-0.3, -0.25) is 19.8 Å². The zero-order valence-corrected chi connectivity index (χ0v) is 23.8. The molecule has 0 unspecified atom stereocenters. The molecule has 10 heteroatoms. The van der Waals surface area contributed by atoms with Gasteiger partial charge in [-0.25, -0.2) is 14.2 Å². The molecule has 0 atom stereocenters. The number of ether oxygens (including phenoxy) is 3. The Hall–Kier alpha value is -5.25. The average Bonchev–Trinajstić information content (AvgIpc) is 3.47. The quantitative estimate of drug-likeness (QED) is 0.241. The van der Waals surface area contributed by atoms with Crippen LogP contribution in [0.1, 0.15) is 40.9 Å². The minimum Gasteiger partial charge on any atom is -0.493 e. The van der Waals surface area contributed by atoms with Crippen molar-refractivity contribution in [3.8, 4) is 22.9 Å². The Bertz CT molecular complexity index is 1720. The van der Waals surface area contributed by atoms with Crippen molar-refractivity contribution < 1.29 is 19.0 Å². The van der Waals surface area contributed by atoms with E-state index in [2.05, 4.69) is 10.2 Å². The Morgan fingerprint density at radius 2 is 1.31 bits per heavy atom. The van der Waals surface area contributed by atoms with Gasteiger partial charge in [-0.15, -0.1) is 0 Å². The molecule has 42 heavy (non-hydrogen) atoms. The standard InChI is InChI=1S/C32H32N4O6/c1-5-41-27(37)19-42-25-17-16-22(18-26(25)40-4)30(28-20(2)33-35(31(28)38)23-12-8-6-9-13-23)29-21(3)34-36(32(29)39)24-14-10-7-11-15-24/h6-18,30,33-34H,5,19H2,1-4H3. The highest BCUT2D eigenvalue weighted by Crippen LogP contribution is 2.37. The number of rotatable bonds is 10. The van der Waals surface area contributed by atoms with Gasteiger partial charge in [0.15, 0.2) is 18.1 Å². The molecule has 0 fully saturated rings. The molecule has 0 bridgehead atoms. The third-order valence-corrected chi connectivity index (χ3v) is 7.01. The van der Waals surface area contributed by atoms with E-state index in [0.717, 1.165) is 0 Å². The summed E-state index contributed by atoms with van der Waals surface area (Å²) < 4.78 is 19.2. The van der Waals surface area contributed by atoms with Crippen LogP contribution < -0.4 is 20.6 Å². The van der Waals surface area contributed by atoms with Gasteiger partial charge in [-0.2, -0.15) is 0 Å². The van der Waals surface area contributed by atoms with Gasteiger partial charge in [0, 0.05) is 17.3 Å². The highest BCUT2D eigenvalue weighted by molar-refractivity contribution is 5.71. The number of methoxy groups -OCH3 is 1. The number of benzene rings is 3. The largest absolute Gasteiger partial charge is 0.493 e. The van der Waals surface area contributed by atoms with E-state index in [-0.39, 0.29) is 24.3 Å². The van der Waals surface area contributed by atoms with Gasteiger partial charge < -0.3 is 14.2 Å². The molecular formula is C32H32N4O6. The number of hydrogen-bond acceptors (Lipinski definition) is 6. The molecule has 2 aromatic heterocycles. The van der Waals surface area contributed by atoms with E-state index in [0.29, 0.717) is 51.0 Å². The Morgan fingerprint density at radius 1 is 0.786 bits per heavy atom. The lowest BCUT2D eigenvalue weighted by Gasteiger charge is -2.18. The van der Waals surface area contributed by atoms with Crippen molar-refractivity contribution >= 4 is 5.97 Å². The second kappa shape index (κ2) is 12.1. The first-order valence-electron chi connectivity index (χ1n) is 13.5. The van der Waals surface area contributed by atoms with E-state index in [1.807, 2.05) is 74.5 Å². The van der Waals surface area contributed by atoms with Crippen LogP contribution in [-0.4, -0.2) is 45.9 Å². The first kappa shape index (κ1) is 28.3. The van der Waals surface area contributed by atoms with Gasteiger partial charge >= 0.3 is 5.97 Å². The summed E-state index contributed by atoms with van der Waals surface area (Å²) in [6.07, 6.45) is 0. The fourth-order valence-electron chi connectivity index (χ4n) is 5.12. The molecule has 0 amide bonds. The normalized spacial score (nSPS) is 11.1. The number of nitrogens with one attached hydrogen (secondary N) is 2. The van der Waals surface area contributed by atoms with E-state index < -0.39 is 11.9 Å². The molecule has 2 heterocycles. The topological polar surface area (TPSA) is 120 Å². The number of H-pyrrole nitrogens is 2. The van der Waals surface area contributed by atoms with Crippen LogP contribution >= 0.6 is 0 Å². The van der Waals surface area contributed by atoms with E-state index in [1.54, 1.807) is 25.1 Å². The van der Waals surface area contributed by atoms with E-state index in [4.69, 9.17) is 14.2 Å². The summed E-state index contributed by atoms with van der Waals surface area (Å²) in [6, 6.07) is 23.6. The van der Waals surface area contributed by atoms with Crippen molar-refractivity contribution in [1.29, 1.82) is 0 Å². The maximum absolute atomic E-state index is 14.0. The highest BCUT2D eigenvalue weighted by Gasteiger charge is 2.31. The third-order valence-electron chi connectivity index (χ3n) is 7.01. The predicted octanol–water partition coefficient (Wildman–Crippen LogP) is 4.39. The minimum atomic E-state index is -0.763. The molecular weight excluding hydrogens is 536 g/mol. The molecule has 0 saturated carbocycles. The summed E-state index contributed by atoms with van der Waals surface area (Å²) in [4.78, 5) is 40.0. The summed E-state index contributed by atoms with van der Waals surface area (Å²) in [7, 11) is 1.49. The Morgan fingerprint density at radius 3 is 1.79 bits per heavy atom. The van der Waals surface area contributed by atoms with Gasteiger partial charge in [0.05, 0.1) is 36.2 Å². The number of nitrogens with zero attached hydrogens (tertiary/aromatic N) is 2. The van der Waals surface area contributed by atoms with Crippen LogP contribution in [0.25, 0.3) is 11.4 Å². The molecule has 0 saturated heterocycles. The summed E-state index contributed by atoms with van der Waals surface area (Å²) in [5, 5.41) is 6.38. The molecule has 3 aromatic carbocycles. The van der Waals surface area contributed by atoms with Crippen molar-refractivity contribution in [3.63, 3.8) is 0 Å². The fourth-order valence-corrected chi connectivity index (χ4v) is 5.12. The van der Waals surface area contributed by atoms with Crippen LogP contribution in [0.2, 0.25) is 0 Å². The number of aromatic amines is 2. The number of hydrogen-bond donors (Lipinski definition) is 2. The average molecular weight is 569 g/mol. The van der Waals surface area contributed by atoms with E-state index in [9.17, 15) is 14.4 Å². The van der Waals surface area contributed by atoms with Crippen LogP contribution in [0.5, 0.6) is 11.5 Å². The summed E-state index contributed by atoms with van der Waals surface area (Å²) in [5.74, 6) is -0.598. The monoisotopic (exact) mass is 568 g/mol. The van der Waals surface area contributed by atoms with Gasteiger partial charge in [0.25, 0.3) is 11.1 Å². The fraction of sp³-hybridized carbons (Fsp3) is 0.219. The van der Waals surface area contributed by atoms with Crippen LogP contribution in [0.3, 0.4) is 0 Å². The third kappa shape index (κ3) is 5.38. The van der Waals surface area contributed by atoms with Crippen molar-refractivity contribution in [1.82, 2.24) is 19.6 Å². The Kier molecular flexibility index (Phi) is 8.14. The molecule has 5 aromatic rings. The van der Waals surface area contributed by atoms with Crippen LogP contribution in [0.4, 0.5) is 0 Å². The van der Waals surface area contributed by atoms with E-state index in [1.165, 1.54) is 16.5 Å². The molecule has 0 aliphatic heterocycles. The second-order valence-electron chi connectivity index (χ2n) is 9.69. The van der Waals surface area contributed by atoms with Gasteiger partial charge in [-0.1, -0.05) is 42.5 Å². The molecule has 216 valence electrons. The number of aromatic nitrogens is 4. The number of carbonyl (C=O) groups excluding carboxylic acids is 1. The van der Waals surface area contributed by atoms with Gasteiger partial charge in [0.1, 0.15) is 0 Å². The lowest BCUT2D eigenvalue weighted by atomic mass is 9.85. The number of para-hydroxylation sites is 2. The highest BCUT2D eigenvalue weighted by atomic mass is 16.6. The SMILES string of the molecule is CCOC(=O)COc1ccc(C(c2c(C)[nH]n(-c3ccccc3)c2=O)c2c(C)[nH]n(-c3ccccc3)c2=O)cc1OC. The summed E-state index contributed by atoms with van der Waals surface area (Å²) in [6.45, 7) is 5.30. The first-order chi connectivity index (χ1) is 20.3. The Labute approximate surface area is 242 Å². The molecule has 0 radical (unpaired) electrons. The molecule has 2 N–H and O–H groups in total. The van der Waals surface area contributed by atoms with Crippen molar-refractivity contribution in [2.45, 2.75) is 26.7 Å². The van der Waals surface area contributed by atoms with Crippen LogP contribution in [-0.2, 0) is 9.53 Å². The summed E-state index contributed by atoms with van der Waals surface area (Å²) >= 11 is 0. The predicted molar refractivity (Wildman–Crippen MR) is 158 cm³/mol. The van der Waals surface area contributed by atoms with Gasteiger partial charge in [-0.05, 0) is 62.7 Å². The van der Waals surface area contributed by atoms with Gasteiger partial charge in [0.2, 0.25) is 0 Å². The molecule has 0 aliphatic rings. The number of carbonyl (C=O) groups is 1. The summed E-state index contributed by atoms with van der Waals surface area (Å²) in [5.41, 5.74) is 3.47. The zero-order valence-electron chi connectivity index (χ0n) is 23.8. The maximum atomic E-state index is 14.0. The lowest BCUT2D eigenvalue weighted by molar-refractivity contribution is -0.145. The van der Waals surface area contributed by atoms with Crippen LogP contribution in [0.15, 0.2) is 88.5 Å². The maximum Gasteiger partial charge on any atom is 0.344 e. The molecule has 5 rings (SSSR count). The smallest absolute Gasteiger partial charge is 0.344 e. The first-order valence-corrected chi connectivity index (χ1v) is 13.5. The van der Waals surface area contributed by atoms with Crippen LogP contribution in [0, 0.1) is 13.8 Å². The van der Waals surface area contributed by atoms with Crippen molar-refractivity contribution in [3.05, 3.63) is 128 Å². The molecule has 10 nitrogen and oxygen atoms in total. The van der Waals surface area contributed by atoms with Crippen molar-refractivity contribution in [2.24, 2.45) is 0 Å². The minimum absolute atomic E-state index is 0.243. The molecule has 0 spiro atoms. The lowest BCUT2D eigenvalue weighted by Crippen LogP contribution is -2.25. The Balaban J connectivity index is 1.69. The van der Waals surface area contributed by atoms with E-state index >= 15 is 0 Å². The van der Waals surface area contributed by atoms with Crippen molar-refractivity contribution in [2.75, 3.05) is 20.3 Å².